The van der Waals surface area contributed by atoms with Crippen LogP contribution in [0.4, 0.5) is 0 Å². The molecule has 0 fully saturated rings. The summed E-state index contributed by atoms with van der Waals surface area (Å²) >= 11 is 0. The monoisotopic (exact) mass is 237 g/mol. The summed E-state index contributed by atoms with van der Waals surface area (Å²) in [7, 11) is 0. The van der Waals surface area contributed by atoms with Gasteiger partial charge in [0.15, 0.2) is 5.65 Å². The van der Waals surface area contributed by atoms with Gasteiger partial charge < -0.3 is 4.57 Å². The van der Waals surface area contributed by atoms with Crippen LogP contribution in [0.5, 0.6) is 0 Å². The highest BCUT2D eigenvalue weighted by atomic mass is 15.1. The number of aromatic nitrogens is 3. The maximum absolute atomic E-state index is 4.53. The van der Waals surface area contributed by atoms with E-state index in [4.69, 9.17) is 0 Å². The lowest BCUT2D eigenvalue weighted by atomic mass is 10.1. The van der Waals surface area contributed by atoms with Crippen molar-refractivity contribution in [3.8, 4) is 0 Å². The molecule has 90 valence electrons. The summed E-state index contributed by atoms with van der Waals surface area (Å²) in [5, 5.41) is 0. The third-order valence-electron chi connectivity index (χ3n) is 3.12. The van der Waals surface area contributed by atoms with Crippen LogP contribution in [0.15, 0.2) is 42.6 Å². The summed E-state index contributed by atoms with van der Waals surface area (Å²) in [6, 6.07) is 12.5. The lowest BCUT2D eigenvalue weighted by Crippen LogP contribution is -2.03. The van der Waals surface area contributed by atoms with E-state index < -0.39 is 0 Å². The predicted octanol–water partition coefficient (Wildman–Crippen LogP) is 3.10. The van der Waals surface area contributed by atoms with Crippen molar-refractivity contribution in [2.24, 2.45) is 0 Å². The molecule has 0 saturated carbocycles. The van der Waals surface area contributed by atoms with Crippen molar-refractivity contribution in [3.05, 3.63) is 59.5 Å². The van der Waals surface area contributed by atoms with E-state index in [-0.39, 0.29) is 0 Å². The smallest absolute Gasteiger partial charge is 0.160 e. The molecule has 0 saturated heterocycles. The Morgan fingerprint density at radius 2 is 2.00 bits per heavy atom. The van der Waals surface area contributed by atoms with E-state index in [2.05, 4.69) is 45.7 Å². The lowest BCUT2D eigenvalue weighted by molar-refractivity contribution is 0.777. The number of benzene rings is 1. The maximum Gasteiger partial charge on any atom is 0.160 e. The first kappa shape index (κ1) is 11.0. The van der Waals surface area contributed by atoms with Crippen molar-refractivity contribution in [2.75, 3.05) is 0 Å². The molecule has 0 unspecified atom stereocenters. The van der Waals surface area contributed by atoms with E-state index in [1.165, 1.54) is 11.1 Å². The van der Waals surface area contributed by atoms with Gasteiger partial charge in [-0.1, -0.05) is 29.8 Å². The molecule has 3 nitrogen and oxygen atoms in total. The standard InChI is InChI=1S/C15H15N3/c1-11-5-3-6-13(9-11)10-18-12(2)17-14-7-4-8-16-15(14)18/h3-9H,10H2,1-2H3. The average Bonchev–Trinajstić information content (AvgIpc) is 2.66. The van der Waals surface area contributed by atoms with Crippen LogP contribution in [0, 0.1) is 13.8 Å². The average molecular weight is 237 g/mol. The topological polar surface area (TPSA) is 30.7 Å². The molecule has 1 aromatic carbocycles. The number of aryl methyl sites for hydroxylation is 2. The van der Waals surface area contributed by atoms with Crippen LogP contribution in [0.1, 0.15) is 17.0 Å². The molecular weight excluding hydrogens is 222 g/mol. The second-order valence-electron chi connectivity index (χ2n) is 4.58. The molecule has 3 rings (SSSR count). The number of hydrogen-bond acceptors (Lipinski definition) is 2. The van der Waals surface area contributed by atoms with E-state index in [0.717, 1.165) is 23.5 Å². The third kappa shape index (κ3) is 1.88. The van der Waals surface area contributed by atoms with Gasteiger partial charge in [0.1, 0.15) is 11.3 Å². The highest BCUT2D eigenvalue weighted by Crippen LogP contribution is 2.15. The molecule has 0 aliphatic rings. The van der Waals surface area contributed by atoms with Crippen molar-refractivity contribution < 1.29 is 0 Å². The second kappa shape index (κ2) is 4.26. The molecule has 3 aromatic rings. The van der Waals surface area contributed by atoms with E-state index in [1.807, 2.05) is 25.3 Å². The molecule has 0 aliphatic heterocycles. The molecule has 0 atom stereocenters. The molecule has 2 heterocycles. The first-order chi connectivity index (χ1) is 8.74. The Bertz CT molecular complexity index is 698. The van der Waals surface area contributed by atoms with Crippen LogP contribution in [-0.2, 0) is 6.54 Å². The van der Waals surface area contributed by atoms with Gasteiger partial charge >= 0.3 is 0 Å². The van der Waals surface area contributed by atoms with Crippen LogP contribution in [-0.4, -0.2) is 14.5 Å². The van der Waals surface area contributed by atoms with Crippen molar-refractivity contribution in [3.63, 3.8) is 0 Å². The fourth-order valence-corrected chi connectivity index (χ4v) is 2.25. The van der Waals surface area contributed by atoms with Gasteiger partial charge in [-0.05, 0) is 31.5 Å². The van der Waals surface area contributed by atoms with Gasteiger partial charge in [-0.2, -0.15) is 0 Å². The highest BCUT2D eigenvalue weighted by Gasteiger charge is 2.08. The van der Waals surface area contributed by atoms with E-state index in [1.54, 1.807) is 0 Å². The number of rotatable bonds is 2. The number of imidazole rings is 1. The molecule has 18 heavy (non-hydrogen) atoms. The summed E-state index contributed by atoms with van der Waals surface area (Å²) in [4.78, 5) is 8.95. The lowest BCUT2D eigenvalue weighted by Gasteiger charge is -2.07. The van der Waals surface area contributed by atoms with Crippen LogP contribution in [0.25, 0.3) is 11.2 Å². The SMILES string of the molecule is Cc1cccc(Cn2c(C)nc3cccnc32)c1. The summed E-state index contributed by atoms with van der Waals surface area (Å²) in [6.07, 6.45) is 1.82. The third-order valence-corrected chi connectivity index (χ3v) is 3.12. The molecule has 0 spiro atoms. The van der Waals surface area contributed by atoms with E-state index in [0.29, 0.717) is 0 Å². The maximum atomic E-state index is 4.53. The van der Waals surface area contributed by atoms with Crippen LogP contribution >= 0.6 is 0 Å². The number of fused-ring (bicyclic) bond motifs is 1. The van der Waals surface area contributed by atoms with Crippen molar-refractivity contribution in [1.29, 1.82) is 0 Å². The zero-order valence-corrected chi connectivity index (χ0v) is 10.6. The Kier molecular flexibility index (Phi) is 2.59. The van der Waals surface area contributed by atoms with Gasteiger partial charge in [-0.15, -0.1) is 0 Å². The molecule has 0 radical (unpaired) electrons. The number of hydrogen-bond donors (Lipinski definition) is 0. The Morgan fingerprint density at radius 1 is 1.11 bits per heavy atom. The van der Waals surface area contributed by atoms with Gasteiger partial charge in [-0.25, -0.2) is 9.97 Å². The molecular formula is C15H15N3. The fourth-order valence-electron chi connectivity index (χ4n) is 2.25. The van der Waals surface area contributed by atoms with Crippen molar-refractivity contribution >= 4 is 11.2 Å². The predicted molar refractivity (Wildman–Crippen MR) is 72.5 cm³/mol. The van der Waals surface area contributed by atoms with Crippen LogP contribution in [0.3, 0.4) is 0 Å². The zero-order valence-electron chi connectivity index (χ0n) is 10.6. The first-order valence-electron chi connectivity index (χ1n) is 6.07. The summed E-state index contributed by atoms with van der Waals surface area (Å²) in [5.74, 6) is 1.00. The minimum absolute atomic E-state index is 0.820. The largest absolute Gasteiger partial charge is 0.308 e. The van der Waals surface area contributed by atoms with E-state index in [9.17, 15) is 0 Å². The molecule has 0 N–H and O–H groups in total. The Hall–Kier alpha value is -2.16. The fraction of sp³-hybridized carbons (Fsp3) is 0.200. The Balaban J connectivity index is 2.07. The molecule has 3 heteroatoms. The van der Waals surface area contributed by atoms with Crippen LogP contribution < -0.4 is 0 Å². The van der Waals surface area contributed by atoms with Gasteiger partial charge in [0.05, 0.1) is 6.54 Å². The molecule has 0 amide bonds. The van der Waals surface area contributed by atoms with Gasteiger partial charge in [0.25, 0.3) is 0 Å². The van der Waals surface area contributed by atoms with Crippen LogP contribution in [0.2, 0.25) is 0 Å². The van der Waals surface area contributed by atoms with Gasteiger partial charge in [-0.3, -0.25) is 0 Å². The Labute approximate surface area is 106 Å². The quantitative estimate of drug-likeness (QED) is 0.685. The molecule has 2 aromatic heterocycles. The van der Waals surface area contributed by atoms with E-state index >= 15 is 0 Å². The Morgan fingerprint density at radius 3 is 2.83 bits per heavy atom. The number of pyridine rings is 1. The zero-order chi connectivity index (χ0) is 12.5. The summed E-state index contributed by atoms with van der Waals surface area (Å²) in [5.41, 5.74) is 4.48. The summed E-state index contributed by atoms with van der Waals surface area (Å²) in [6.45, 7) is 4.96. The highest BCUT2D eigenvalue weighted by molar-refractivity contribution is 5.71. The van der Waals surface area contributed by atoms with Gasteiger partial charge in [0, 0.05) is 6.20 Å². The van der Waals surface area contributed by atoms with Crippen molar-refractivity contribution in [1.82, 2.24) is 14.5 Å². The second-order valence-corrected chi connectivity index (χ2v) is 4.58. The van der Waals surface area contributed by atoms with Crippen molar-refractivity contribution in [2.45, 2.75) is 20.4 Å². The molecule has 0 bridgehead atoms. The first-order valence-corrected chi connectivity index (χ1v) is 6.07. The molecule has 0 aliphatic carbocycles. The minimum atomic E-state index is 0.820. The normalized spacial score (nSPS) is 11.0. The minimum Gasteiger partial charge on any atom is -0.308 e. The van der Waals surface area contributed by atoms with Gasteiger partial charge in [0.2, 0.25) is 0 Å². The number of nitrogens with zero attached hydrogens (tertiary/aromatic N) is 3. The summed E-state index contributed by atoms with van der Waals surface area (Å²) < 4.78 is 2.16.